The Kier molecular flexibility index (Phi) is 42.2. The minimum atomic E-state index is -0.222. The van der Waals surface area contributed by atoms with Gasteiger partial charge in [0.2, 0.25) is 0 Å². The molecule has 0 amide bonds. The zero-order valence-corrected chi connectivity index (χ0v) is 33.8. The van der Waals surface area contributed by atoms with Crippen molar-refractivity contribution in [3.63, 3.8) is 0 Å². The molecule has 0 aromatic heterocycles. The molecule has 0 aromatic rings. The van der Waals surface area contributed by atoms with Gasteiger partial charge < -0.3 is 9.47 Å². The number of allylic oxidation sites excluding steroid dienone is 2. The number of unbranched alkanes of at least 4 members (excludes halogenated alkanes) is 33. The summed E-state index contributed by atoms with van der Waals surface area (Å²) < 4.78 is 10.4. The summed E-state index contributed by atoms with van der Waals surface area (Å²) in [6, 6.07) is 0. The topological polar surface area (TPSA) is 52.6 Å². The van der Waals surface area contributed by atoms with E-state index in [1.807, 2.05) is 12.2 Å². The predicted molar refractivity (Wildman–Crippen MR) is 217 cm³/mol. The molecule has 294 valence electrons. The lowest BCUT2D eigenvalue weighted by Crippen LogP contribution is -2.02. The Balaban J connectivity index is 3.35. The van der Waals surface area contributed by atoms with Gasteiger partial charge in [0.15, 0.2) is 0 Å². The molecular weight excluding hydrogens is 617 g/mol. The first-order valence-electron chi connectivity index (χ1n) is 22.4. The molecule has 4 nitrogen and oxygen atoms in total. The minimum Gasteiger partial charge on any atom is -0.435 e. The Morgan fingerprint density at radius 2 is 0.540 bits per heavy atom. The molecule has 0 bridgehead atoms. The van der Waals surface area contributed by atoms with Crippen LogP contribution in [0, 0.1) is 0 Å². The number of carbonyl (C=O) groups is 2. The van der Waals surface area contributed by atoms with Gasteiger partial charge in [0.05, 0.1) is 12.5 Å². The van der Waals surface area contributed by atoms with Gasteiger partial charge in [-0.1, -0.05) is 206 Å². The van der Waals surface area contributed by atoms with E-state index < -0.39 is 0 Å². The predicted octanol–water partition coefficient (Wildman–Crippen LogP) is 16.0. The van der Waals surface area contributed by atoms with Crippen molar-refractivity contribution in [3.8, 4) is 0 Å². The van der Waals surface area contributed by atoms with Crippen LogP contribution in [0.1, 0.15) is 258 Å². The molecule has 0 rings (SSSR count). The summed E-state index contributed by atoms with van der Waals surface area (Å²) in [5.74, 6) is -0.444. The fraction of sp³-hybridized carbons (Fsp3) is 0.870. The normalized spacial score (nSPS) is 11.6. The molecular formula is C46H86O4. The lowest BCUT2D eigenvalue weighted by atomic mass is 10.0. The van der Waals surface area contributed by atoms with Gasteiger partial charge in [0.25, 0.3) is 0 Å². The van der Waals surface area contributed by atoms with Crippen LogP contribution in [0.3, 0.4) is 0 Å². The van der Waals surface area contributed by atoms with Gasteiger partial charge in [-0.3, -0.25) is 9.59 Å². The molecule has 0 fully saturated rings. The first kappa shape index (κ1) is 48.4. The largest absolute Gasteiger partial charge is 0.435 e. The van der Waals surface area contributed by atoms with Crippen LogP contribution in [0.5, 0.6) is 0 Å². The highest BCUT2D eigenvalue weighted by Crippen LogP contribution is 2.16. The summed E-state index contributed by atoms with van der Waals surface area (Å²) in [5.41, 5.74) is 0. The second-order valence-corrected chi connectivity index (χ2v) is 15.1. The molecule has 0 spiro atoms. The Labute approximate surface area is 312 Å². The Hall–Kier alpha value is -1.58. The summed E-state index contributed by atoms with van der Waals surface area (Å²) in [5, 5.41) is 0. The third-order valence-electron chi connectivity index (χ3n) is 10.1. The highest BCUT2D eigenvalue weighted by molar-refractivity contribution is 5.71. The fourth-order valence-corrected chi connectivity index (χ4v) is 6.66. The first-order valence-corrected chi connectivity index (χ1v) is 22.4. The molecule has 0 atom stereocenters. The molecule has 0 radical (unpaired) electrons. The van der Waals surface area contributed by atoms with Gasteiger partial charge >= 0.3 is 11.9 Å². The monoisotopic (exact) mass is 703 g/mol. The van der Waals surface area contributed by atoms with Gasteiger partial charge in [-0.05, 0) is 50.7 Å². The third-order valence-corrected chi connectivity index (χ3v) is 10.1. The van der Waals surface area contributed by atoms with Crippen LogP contribution in [0.15, 0.2) is 24.7 Å². The van der Waals surface area contributed by atoms with Crippen LogP contribution in [-0.4, -0.2) is 11.9 Å². The van der Waals surface area contributed by atoms with Crippen LogP contribution < -0.4 is 0 Å². The van der Waals surface area contributed by atoms with Crippen molar-refractivity contribution < 1.29 is 19.1 Å². The van der Waals surface area contributed by atoms with E-state index in [9.17, 15) is 9.59 Å². The van der Waals surface area contributed by atoms with E-state index in [1.54, 1.807) is 12.5 Å². The van der Waals surface area contributed by atoms with E-state index in [-0.39, 0.29) is 11.9 Å². The molecule has 0 aliphatic heterocycles. The molecule has 4 heteroatoms. The smallest absolute Gasteiger partial charge is 0.310 e. The van der Waals surface area contributed by atoms with Gasteiger partial charge in [0.1, 0.15) is 0 Å². The Bertz CT molecular complexity index is 680. The standard InChI is InChI=1S/C46H86O4/c1-3-5-7-9-11-13-15-17-19-21-23-25-27-29-31-33-35-39-43-49-45(47)41-37-38-42-46(48)50-44-40-36-34-32-30-28-26-24-22-20-18-16-14-12-10-8-6-4-2/h39-40,43-44H,3-38,41-42H2,1-2H3. The number of hydrogen-bond donors (Lipinski definition) is 0. The lowest BCUT2D eigenvalue weighted by molar-refractivity contribution is -0.140. The van der Waals surface area contributed by atoms with Crippen molar-refractivity contribution in [1.82, 2.24) is 0 Å². The van der Waals surface area contributed by atoms with Gasteiger partial charge in [-0.2, -0.15) is 0 Å². The molecule has 0 saturated carbocycles. The van der Waals surface area contributed by atoms with Crippen molar-refractivity contribution in [2.24, 2.45) is 0 Å². The Morgan fingerprint density at radius 3 is 0.780 bits per heavy atom. The van der Waals surface area contributed by atoms with Crippen molar-refractivity contribution >= 4 is 11.9 Å². The third kappa shape index (κ3) is 42.6. The summed E-state index contributed by atoms with van der Waals surface area (Å²) >= 11 is 0. The number of rotatable bonds is 41. The van der Waals surface area contributed by atoms with E-state index in [1.165, 1.54) is 193 Å². The molecule has 0 unspecified atom stereocenters. The molecule has 0 aromatic carbocycles. The van der Waals surface area contributed by atoms with E-state index in [2.05, 4.69) is 13.8 Å². The molecule has 0 aliphatic rings. The van der Waals surface area contributed by atoms with E-state index in [4.69, 9.17) is 9.47 Å². The van der Waals surface area contributed by atoms with Crippen LogP contribution in [0.2, 0.25) is 0 Å². The zero-order valence-electron chi connectivity index (χ0n) is 33.8. The second-order valence-electron chi connectivity index (χ2n) is 15.1. The SMILES string of the molecule is CCCCCCCCCCCCCCCCCCC=COC(=O)CCCCC(=O)OC=CCCCCCCCCCCCCCCCCCC. The molecule has 0 N–H and O–H groups in total. The lowest BCUT2D eigenvalue weighted by Gasteiger charge is -2.03. The Morgan fingerprint density at radius 1 is 0.320 bits per heavy atom. The van der Waals surface area contributed by atoms with E-state index >= 15 is 0 Å². The maximum absolute atomic E-state index is 11.9. The summed E-state index contributed by atoms with van der Waals surface area (Å²) in [4.78, 5) is 23.9. The van der Waals surface area contributed by atoms with Crippen LogP contribution in [-0.2, 0) is 19.1 Å². The highest BCUT2D eigenvalue weighted by Gasteiger charge is 2.05. The molecule has 0 aliphatic carbocycles. The number of hydrogen-bond acceptors (Lipinski definition) is 4. The first-order chi connectivity index (χ1) is 24.7. The highest BCUT2D eigenvalue weighted by atomic mass is 16.5. The molecule has 50 heavy (non-hydrogen) atoms. The molecule has 0 heterocycles. The average Bonchev–Trinajstić information content (AvgIpc) is 3.12. The second kappa shape index (κ2) is 43.6. The van der Waals surface area contributed by atoms with Crippen molar-refractivity contribution in [2.45, 2.75) is 258 Å². The van der Waals surface area contributed by atoms with Crippen LogP contribution >= 0.6 is 0 Å². The quantitative estimate of drug-likeness (QED) is 0.0361. The van der Waals surface area contributed by atoms with Crippen molar-refractivity contribution in [1.29, 1.82) is 0 Å². The number of esters is 2. The van der Waals surface area contributed by atoms with Crippen molar-refractivity contribution in [2.75, 3.05) is 0 Å². The fourth-order valence-electron chi connectivity index (χ4n) is 6.66. The average molecular weight is 703 g/mol. The van der Waals surface area contributed by atoms with Gasteiger partial charge in [-0.15, -0.1) is 0 Å². The summed E-state index contributed by atoms with van der Waals surface area (Å²) in [7, 11) is 0. The summed E-state index contributed by atoms with van der Waals surface area (Å²) in [6.45, 7) is 4.57. The van der Waals surface area contributed by atoms with Gasteiger partial charge in [-0.25, -0.2) is 0 Å². The van der Waals surface area contributed by atoms with Gasteiger partial charge in [0, 0.05) is 12.8 Å². The van der Waals surface area contributed by atoms with Crippen molar-refractivity contribution in [3.05, 3.63) is 24.7 Å². The summed E-state index contributed by atoms with van der Waals surface area (Å²) in [6.07, 6.45) is 54.9. The maximum Gasteiger partial charge on any atom is 0.310 e. The van der Waals surface area contributed by atoms with Crippen LogP contribution in [0.4, 0.5) is 0 Å². The number of carbonyl (C=O) groups excluding carboxylic acids is 2. The maximum atomic E-state index is 11.9. The van der Waals surface area contributed by atoms with E-state index in [0.29, 0.717) is 25.7 Å². The minimum absolute atomic E-state index is 0.222. The van der Waals surface area contributed by atoms with E-state index in [0.717, 1.165) is 25.7 Å². The van der Waals surface area contributed by atoms with Crippen LogP contribution in [0.25, 0.3) is 0 Å². The molecule has 0 saturated heterocycles. The zero-order chi connectivity index (χ0) is 36.3. The number of ether oxygens (including phenoxy) is 2.